The van der Waals surface area contributed by atoms with Crippen LogP contribution in [0.25, 0.3) is 0 Å². The molecule has 1 aliphatic rings. The lowest BCUT2D eigenvalue weighted by molar-refractivity contribution is -0.138. The number of carbonyl (C=O) groups is 2. The summed E-state index contributed by atoms with van der Waals surface area (Å²) < 4.78 is 17.8. The Hall–Kier alpha value is -1.95. The molecule has 1 aromatic carbocycles. The van der Waals surface area contributed by atoms with Crippen molar-refractivity contribution in [3.05, 3.63) is 35.6 Å². The summed E-state index contributed by atoms with van der Waals surface area (Å²) in [5.74, 6) is -0.293. The van der Waals surface area contributed by atoms with E-state index in [1.807, 2.05) is 0 Å². The van der Waals surface area contributed by atoms with E-state index in [0.717, 1.165) is 18.4 Å². The second-order valence-electron chi connectivity index (χ2n) is 6.09. The number of methoxy groups -OCH3 is 1. The van der Waals surface area contributed by atoms with Crippen LogP contribution in [0.15, 0.2) is 24.3 Å². The van der Waals surface area contributed by atoms with E-state index in [1.54, 1.807) is 24.1 Å². The second kappa shape index (κ2) is 9.37. The van der Waals surface area contributed by atoms with Crippen LogP contribution in [0.4, 0.5) is 4.39 Å². The van der Waals surface area contributed by atoms with Gasteiger partial charge in [0.15, 0.2) is 0 Å². The first-order valence-corrected chi connectivity index (χ1v) is 8.39. The molecule has 1 aromatic rings. The van der Waals surface area contributed by atoms with Crippen LogP contribution in [0, 0.1) is 11.7 Å². The average molecular weight is 336 g/mol. The highest BCUT2D eigenvalue weighted by Gasteiger charge is 2.29. The number of amides is 2. The second-order valence-corrected chi connectivity index (χ2v) is 6.09. The Morgan fingerprint density at radius 3 is 2.83 bits per heavy atom. The third-order valence-electron chi connectivity index (χ3n) is 4.29. The molecule has 0 aromatic heterocycles. The topological polar surface area (TPSA) is 58.6 Å². The molecular weight excluding hydrogens is 311 g/mol. The van der Waals surface area contributed by atoms with Gasteiger partial charge in [0.25, 0.3) is 0 Å². The first kappa shape index (κ1) is 18.4. The molecule has 0 bridgehead atoms. The van der Waals surface area contributed by atoms with Gasteiger partial charge in [0.05, 0.1) is 12.5 Å². The van der Waals surface area contributed by atoms with Gasteiger partial charge in [0, 0.05) is 33.2 Å². The number of nitrogens with one attached hydrogen (secondary N) is 1. The van der Waals surface area contributed by atoms with E-state index in [2.05, 4.69) is 5.32 Å². The van der Waals surface area contributed by atoms with Gasteiger partial charge in [0.1, 0.15) is 5.82 Å². The summed E-state index contributed by atoms with van der Waals surface area (Å²) in [6.07, 6.45) is 2.61. The minimum absolute atomic E-state index is 0.00372. The first-order chi connectivity index (χ1) is 11.6. The van der Waals surface area contributed by atoms with Crippen molar-refractivity contribution in [2.45, 2.75) is 25.7 Å². The first-order valence-electron chi connectivity index (χ1n) is 8.39. The van der Waals surface area contributed by atoms with Crippen molar-refractivity contribution in [1.29, 1.82) is 0 Å². The predicted octanol–water partition coefficient (Wildman–Crippen LogP) is 1.76. The Morgan fingerprint density at radius 1 is 1.38 bits per heavy atom. The number of likely N-dealkylation sites (tertiary alicyclic amines) is 1. The van der Waals surface area contributed by atoms with Crippen LogP contribution in [0.3, 0.4) is 0 Å². The molecule has 2 rings (SSSR count). The van der Waals surface area contributed by atoms with E-state index in [-0.39, 0.29) is 23.5 Å². The molecule has 0 aliphatic carbocycles. The summed E-state index contributed by atoms with van der Waals surface area (Å²) >= 11 is 0. The number of piperidine rings is 1. The van der Waals surface area contributed by atoms with Crippen LogP contribution >= 0.6 is 0 Å². The molecule has 132 valence electrons. The summed E-state index contributed by atoms with van der Waals surface area (Å²) in [5, 5.41) is 2.94. The molecular formula is C18H25FN2O3. The van der Waals surface area contributed by atoms with Crippen molar-refractivity contribution in [1.82, 2.24) is 10.2 Å². The van der Waals surface area contributed by atoms with Crippen LogP contribution in [0.1, 0.15) is 24.8 Å². The van der Waals surface area contributed by atoms with Crippen LogP contribution < -0.4 is 5.32 Å². The quantitative estimate of drug-likeness (QED) is 0.736. The normalized spacial score (nSPS) is 17.8. The maximum Gasteiger partial charge on any atom is 0.224 e. The fraction of sp³-hybridized carbons (Fsp3) is 0.556. The number of halogens is 1. The Labute approximate surface area is 142 Å². The largest absolute Gasteiger partial charge is 0.383 e. The summed E-state index contributed by atoms with van der Waals surface area (Å²) in [5.41, 5.74) is 1.06. The van der Waals surface area contributed by atoms with Crippen molar-refractivity contribution in [3.8, 4) is 0 Å². The third kappa shape index (κ3) is 5.60. The molecule has 1 fully saturated rings. The van der Waals surface area contributed by atoms with Crippen molar-refractivity contribution in [3.63, 3.8) is 0 Å². The zero-order chi connectivity index (χ0) is 17.4. The highest BCUT2D eigenvalue weighted by molar-refractivity contribution is 5.83. The molecule has 2 amide bonds. The molecule has 1 N–H and O–H groups in total. The smallest absolute Gasteiger partial charge is 0.224 e. The number of nitrogens with zero attached hydrogens (tertiary/aromatic N) is 1. The van der Waals surface area contributed by atoms with Gasteiger partial charge in [-0.05, 0) is 37.0 Å². The Morgan fingerprint density at radius 2 is 2.12 bits per heavy atom. The zero-order valence-electron chi connectivity index (χ0n) is 14.1. The summed E-state index contributed by atoms with van der Waals surface area (Å²) in [6, 6.07) is 6.41. The maximum atomic E-state index is 12.8. The SMILES string of the molecule is COCCN1C[C@H](C(=O)NCCCc2ccc(F)cc2)CCC1=O. The molecule has 1 atom stereocenters. The fourth-order valence-corrected chi connectivity index (χ4v) is 2.85. The maximum absolute atomic E-state index is 12.8. The van der Waals surface area contributed by atoms with E-state index in [0.29, 0.717) is 39.1 Å². The molecule has 0 radical (unpaired) electrons. The predicted molar refractivity (Wildman–Crippen MR) is 88.9 cm³/mol. The van der Waals surface area contributed by atoms with Crippen LogP contribution in [-0.4, -0.2) is 50.1 Å². The van der Waals surface area contributed by atoms with Crippen LogP contribution in [0.5, 0.6) is 0 Å². The van der Waals surface area contributed by atoms with Crippen molar-refractivity contribution >= 4 is 11.8 Å². The lowest BCUT2D eigenvalue weighted by Gasteiger charge is -2.31. The summed E-state index contributed by atoms with van der Waals surface area (Å²) in [6.45, 7) is 2.06. The number of hydrogen-bond donors (Lipinski definition) is 1. The number of hydrogen-bond acceptors (Lipinski definition) is 3. The van der Waals surface area contributed by atoms with Gasteiger partial charge >= 0.3 is 0 Å². The number of aryl methyl sites for hydroxylation is 1. The van der Waals surface area contributed by atoms with Crippen molar-refractivity contribution < 1.29 is 18.7 Å². The lowest BCUT2D eigenvalue weighted by Crippen LogP contribution is -2.46. The van der Waals surface area contributed by atoms with Gasteiger partial charge in [-0.25, -0.2) is 4.39 Å². The van der Waals surface area contributed by atoms with Crippen LogP contribution in [-0.2, 0) is 20.7 Å². The molecule has 5 nitrogen and oxygen atoms in total. The third-order valence-corrected chi connectivity index (χ3v) is 4.29. The molecule has 0 spiro atoms. The van der Waals surface area contributed by atoms with E-state index < -0.39 is 0 Å². The van der Waals surface area contributed by atoms with Gasteiger partial charge in [-0.15, -0.1) is 0 Å². The average Bonchev–Trinajstić information content (AvgIpc) is 2.59. The molecule has 0 unspecified atom stereocenters. The highest BCUT2D eigenvalue weighted by Crippen LogP contribution is 2.17. The number of rotatable bonds is 8. The Kier molecular flexibility index (Phi) is 7.18. The van der Waals surface area contributed by atoms with E-state index in [1.165, 1.54) is 12.1 Å². The van der Waals surface area contributed by atoms with Gasteiger partial charge in [-0.3, -0.25) is 9.59 Å². The minimum atomic E-state index is -0.239. The number of ether oxygens (including phenoxy) is 1. The van der Waals surface area contributed by atoms with Gasteiger partial charge in [-0.1, -0.05) is 12.1 Å². The minimum Gasteiger partial charge on any atom is -0.383 e. The number of benzene rings is 1. The van der Waals surface area contributed by atoms with E-state index in [4.69, 9.17) is 4.74 Å². The molecule has 1 heterocycles. The molecule has 6 heteroatoms. The van der Waals surface area contributed by atoms with Gasteiger partial charge in [0.2, 0.25) is 11.8 Å². The molecule has 24 heavy (non-hydrogen) atoms. The van der Waals surface area contributed by atoms with Crippen molar-refractivity contribution in [2.75, 3.05) is 33.4 Å². The Bertz CT molecular complexity index is 548. The lowest BCUT2D eigenvalue weighted by atomic mass is 9.96. The summed E-state index contributed by atoms with van der Waals surface area (Å²) in [7, 11) is 1.60. The molecule has 0 saturated carbocycles. The summed E-state index contributed by atoms with van der Waals surface area (Å²) in [4.78, 5) is 25.8. The number of carbonyl (C=O) groups excluding carboxylic acids is 2. The van der Waals surface area contributed by atoms with Gasteiger partial charge < -0.3 is 15.0 Å². The van der Waals surface area contributed by atoms with Crippen LogP contribution in [0.2, 0.25) is 0 Å². The fourth-order valence-electron chi connectivity index (χ4n) is 2.85. The standard InChI is InChI=1S/C18H25FN2O3/c1-24-12-11-21-13-15(6-9-17(21)22)18(23)20-10-2-3-14-4-7-16(19)8-5-14/h4-5,7-8,15H,2-3,6,9-13H2,1H3,(H,20,23)/t15-/m1/s1. The Balaban J connectivity index is 1.69. The van der Waals surface area contributed by atoms with E-state index in [9.17, 15) is 14.0 Å². The zero-order valence-corrected chi connectivity index (χ0v) is 14.1. The van der Waals surface area contributed by atoms with E-state index >= 15 is 0 Å². The monoisotopic (exact) mass is 336 g/mol. The highest BCUT2D eigenvalue weighted by atomic mass is 19.1. The van der Waals surface area contributed by atoms with Gasteiger partial charge in [-0.2, -0.15) is 0 Å². The molecule has 1 saturated heterocycles. The molecule has 1 aliphatic heterocycles. The van der Waals surface area contributed by atoms with Crippen molar-refractivity contribution in [2.24, 2.45) is 5.92 Å².